The Morgan fingerprint density at radius 2 is 2.05 bits per heavy atom. The molecule has 0 aliphatic rings. The largest absolute Gasteiger partial charge is 0.316 e. The summed E-state index contributed by atoms with van der Waals surface area (Å²) >= 11 is 0. The number of hydrogen-bond acceptors (Lipinski definition) is 3. The standard InChI is InChI=1S/C13H21FN2O2S/c1-3-7-15-8-9-19(17,18)16-11(2)12-5-4-6-13(14)10-12/h4-6,10-11,15-16H,3,7-9H2,1-2H3. The van der Waals surface area contributed by atoms with Crippen molar-refractivity contribution in [1.29, 1.82) is 0 Å². The molecule has 4 nitrogen and oxygen atoms in total. The molecular weight excluding hydrogens is 267 g/mol. The molecule has 0 aromatic heterocycles. The molecule has 0 heterocycles. The predicted molar refractivity (Wildman–Crippen MR) is 74.9 cm³/mol. The van der Waals surface area contributed by atoms with E-state index >= 15 is 0 Å². The first kappa shape index (κ1) is 16.1. The smallest absolute Gasteiger partial charge is 0.213 e. The number of rotatable bonds is 8. The van der Waals surface area contributed by atoms with Gasteiger partial charge in [0.1, 0.15) is 5.82 Å². The van der Waals surface area contributed by atoms with Crippen LogP contribution in [0.4, 0.5) is 4.39 Å². The summed E-state index contributed by atoms with van der Waals surface area (Å²) in [5.74, 6) is -0.347. The number of benzene rings is 1. The maximum Gasteiger partial charge on any atom is 0.213 e. The van der Waals surface area contributed by atoms with Crippen LogP contribution in [0.3, 0.4) is 0 Å². The second-order valence-corrected chi connectivity index (χ2v) is 6.34. The van der Waals surface area contributed by atoms with E-state index in [1.165, 1.54) is 12.1 Å². The first-order valence-corrected chi connectivity index (χ1v) is 8.06. The van der Waals surface area contributed by atoms with Crippen molar-refractivity contribution in [3.05, 3.63) is 35.6 Å². The van der Waals surface area contributed by atoms with Crippen LogP contribution in [0.15, 0.2) is 24.3 Å². The van der Waals surface area contributed by atoms with E-state index in [1.807, 2.05) is 6.92 Å². The Morgan fingerprint density at radius 1 is 1.32 bits per heavy atom. The molecule has 1 unspecified atom stereocenters. The molecule has 0 saturated carbocycles. The third-order valence-electron chi connectivity index (χ3n) is 2.68. The van der Waals surface area contributed by atoms with E-state index in [9.17, 15) is 12.8 Å². The molecule has 0 saturated heterocycles. The van der Waals surface area contributed by atoms with Gasteiger partial charge in [-0.15, -0.1) is 0 Å². The highest BCUT2D eigenvalue weighted by molar-refractivity contribution is 7.89. The van der Waals surface area contributed by atoms with Crippen LogP contribution in [0, 0.1) is 5.82 Å². The summed E-state index contributed by atoms with van der Waals surface area (Å²) in [4.78, 5) is 0. The fourth-order valence-corrected chi connectivity index (χ4v) is 2.89. The second-order valence-electron chi connectivity index (χ2n) is 4.46. The zero-order valence-corrected chi connectivity index (χ0v) is 12.1. The molecule has 1 rings (SSSR count). The topological polar surface area (TPSA) is 58.2 Å². The molecule has 108 valence electrons. The predicted octanol–water partition coefficient (Wildman–Crippen LogP) is 1.81. The third-order valence-corrected chi connectivity index (χ3v) is 4.13. The number of halogens is 1. The van der Waals surface area contributed by atoms with Crippen LogP contribution < -0.4 is 10.0 Å². The van der Waals surface area contributed by atoms with Gasteiger partial charge in [-0.25, -0.2) is 17.5 Å². The van der Waals surface area contributed by atoms with Crippen LogP contribution >= 0.6 is 0 Å². The minimum absolute atomic E-state index is 0.0205. The minimum atomic E-state index is -3.36. The lowest BCUT2D eigenvalue weighted by atomic mass is 10.1. The van der Waals surface area contributed by atoms with Gasteiger partial charge in [-0.05, 0) is 37.6 Å². The fourth-order valence-electron chi connectivity index (χ4n) is 1.68. The van der Waals surface area contributed by atoms with E-state index in [0.717, 1.165) is 13.0 Å². The van der Waals surface area contributed by atoms with E-state index in [2.05, 4.69) is 10.0 Å². The number of nitrogens with one attached hydrogen (secondary N) is 2. The molecule has 0 aliphatic carbocycles. The maximum atomic E-state index is 13.1. The van der Waals surface area contributed by atoms with Crippen LogP contribution in [0.1, 0.15) is 31.9 Å². The lowest BCUT2D eigenvalue weighted by molar-refractivity contribution is 0.560. The van der Waals surface area contributed by atoms with Crippen LogP contribution in [0.5, 0.6) is 0 Å². The summed E-state index contributed by atoms with van der Waals surface area (Å²) in [6, 6.07) is 5.50. The van der Waals surface area contributed by atoms with Crippen LogP contribution in [0.25, 0.3) is 0 Å². The van der Waals surface area contributed by atoms with E-state index < -0.39 is 16.1 Å². The molecule has 1 aromatic carbocycles. The van der Waals surface area contributed by atoms with Crippen molar-refractivity contribution in [2.75, 3.05) is 18.8 Å². The molecule has 6 heteroatoms. The summed E-state index contributed by atoms with van der Waals surface area (Å²) in [5.41, 5.74) is 0.616. The van der Waals surface area contributed by atoms with Gasteiger partial charge in [0.15, 0.2) is 0 Å². The summed E-state index contributed by atoms with van der Waals surface area (Å²) in [6.45, 7) is 4.94. The van der Waals surface area contributed by atoms with Crippen molar-refractivity contribution in [2.24, 2.45) is 0 Å². The summed E-state index contributed by atoms with van der Waals surface area (Å²) in [7, 11) is -3.36. The highest BCUT2D eigenvalue weighted by atomic mass is 32.2. The Morgan fingerprint density at radius 3 is 2.68 bits per heavy atom. The van der Waals surface area contributed by atoms with Gasteiger partial charge in [0, 0.05) is 12.6 Å². The van der Waals surface area contributed by atoms with Gasteiger partial charge >= 0.3 is 0 Å². The van der Waals surface area contributed by atoms with E-state index in [1.54, 1.807) is 19.1 Å². The van der Waals surface area contributed by atoms with Gasteiger partial charge in [-0.2, -0.15) is 0 Å². The van der Waals surface area contributed by atoms with E-state index in [4.69, 9.17) is 0 Å². The van der Waals surface area contributed by atoms with Gasteiger partial charge in [-0.1, -0.05) is 19.1 Å². The van der Waals surface area contributed by atoms with Crippen molar-refractivity contribution in [3.8, 4) is 0 Å². The van der Waals surface area contributed by atoms with Crippen molar-refractivity contribution in [3.63, 3.8) is 0 Å². The normalized spacial score (nSPS) is 13.4. The summed E-state index contributed by atoms with van der Waals surface area (Å²) in [6.07, 6.45) is 0.965. The van der Waals surface area contributed by atoms with Gasteiger partial charge in [0.2, 0.25) is 10.0 Å². The zero-order valence-electron chi connectivity index (χ0n) is 11.3. The lowest BCUT2D eigenvalue weighted by Crippen LogP contribution is -2.33. The third kappa shape index (κ3) is 6.13. The monoisotopic (exact) mass is 288 g/mol. The van der Waals surface area contributed by atoms with Crippen molar-refractivity contribution in [1.82, 2.24) is 10.0 Å². The van der Waals surface area contributed by atoms with Gasteiger partial charge in [-0.3, -0.25) is 0 Å². The van der Waals surface area contributed by atoms with Gasteiger partial charge < -0.3 is 5.32 Å². The minimum Gasteiger partial charge on any atom is -0.316 e. The summed E-state index contributed by atoms with van der Waals surface area (Å²) in [5, 5.41) is 3.03. The number of sulfonamides is 1. The van der Waals surface area contributed by atoms with Crippen molar-refractivity contribution >= 4 is 10.0 Å². The highest BCUT2D eigenvalue weighted by Gasteiger charge is 2.15. The molecule has 1 aromatic rings. The van der Waals surface area contributed by atoms with Crippen LogP contribution in [-0.4, -0.2) is 27.3 Å². The molecule has 0 spiro atoms. The average Bonchev–Trinajstić information content (AvgIpc) is 2.34. The molecule has 2 N–H and O–H groups in total. The van der Waals surface area contributed by atoms with Crippen LogP contribution in [-0.2, 0) is 10.0 Å². The average molecular weight is 288 g/mol. The molecule has 0 radical (unpaired) electrons. The first-order valence-electron chi connectivity index (χ1n) is 6.41. The Hall–Kier alpha value is -0.980. The molecule has 0 amide bonds. The molecule has 19 heavy (non-hydrogen) atoms. The zero-order chi connectivity index (χ0) is 14.3. The molecule has 0 fully saturated rings. The van der Waals surface area contributed by atoms with Crippen molar-refractivity contribution in [2.45, 2.75) is 26.3 Å². The lowest BCUT2D eigenvalue weighted by Gasteiger charge is -2.14. The maximum absolute atomic E-state index is 13.1. The Kier molecular flexibility index (Phi) is 6.41. The SMILES string of the molecule is CCCNCCS(=O)(=O)NC(C)c1cccc(F)c1. The Balaban J connectivity index is 2.53. The number of hydrogen-bond donors (Lipinski definition) is 2. The Labute approximate surface area is 114 Å². The van der Waals surface area contributed by atoms with Gasteiger partial charge in [0.25, 0.3) is 0 Å². The van der Waals surface area contributed by atoms with E-state index in [-0.39, 0.29) is 11.6 Å². The molecule has 0 bridgehead atoms. The molecular formula is C13H21FN2O2S. The second kappa shape index (κ2) is 7.57. The summed E-state index contributed by atoms with van der Waals surface area (Å²) < 4.78 is 39.2. The fraction of sp³-hybridized carbons (Fsp3) is 0.538. The Bertz CT molecular complexity index is 491. The molecule has 0 aliphatic heterocycles. The van der Waals surface area contributed by atoms with Crippen LogP contribution in [0.2, 0.25) is 0 Å². The highest BCUT2D eigenvalue weighted by Crippen LogP contribution is 2.14. The van der Waals surface area contributed by atoms with Crippen molar-refractivity contribution < 1.29 is 12.8 Å². The van der Waals surface area contributed by atoms with Gasteiger partial charge in [0.05, 0.1) is 5.75 Å². The van der Waals surface area contributed by atoms with E-state index in [0.29, 0.717) is 12.1 Å². The quantitative estimate of drug-likeness (QED) is 0.717. The first-order chi connectivity index (χ1) is 8.94. The molecule has 1 atom stereocenters.